The summed E-state index contributed by atoms with van der Waals surface area (Å²) in [6.07, 6.45) is 0.0850. The normalized spacial score (nSPS) is 11.9. The summed E-state index contributed by atoms with van der Waals surface area (Å²) in [4.78, 5) is 22.1. The lowest BCUT2D eigenvalue weighted by molar-refractivity contribution is -0.307. The Bertz CT molecular complexity index is 714. The quantitative estimate of drug-likeness (QED) is 0.549. The SMILES string of the molecule is O=C([O-])COc1ccc(/C=N\NC(=O)[C@@H](O)c2ccccc2)cc1. The monoisotopic (exact) mass is 327 g/mol. The van der Waals surface area contributed by atoms with Gasteiger partial charge in [0.05, 0.1) is 12.2 Å². The van der Waals surface area contributed by atoms with Crippen molar-refractivity contribution in [2.75, 3.05) is 6.61 Å². The van der Waals surface area contributed by atoms with Crippen LogP contribution in [-0.2, 0) is 9.59 Å². The van der Waals surface area contributed by atoms with Gasteiger partial charge in [-0.2, -0.15) is 5.10 Å². The first-order valence-electron chi connectivity index (χ1n) is 7.05. The molecule has 0 spiro atoms. The Kier molecular flexibility index (Phi) is 6.04. The summed E-state index contributed by atoms with van der Waals surface area (Å²) >= 11 is 0. The average Bonchev–Trinajstić information content (AvgIpc) is 2.61. The Labute approximate surface area is 138 Å². The zero-order chi connectivity index (χ0) is 17.4. The molecule has 1 amide bonds. The third-order valence-corrected chi connectivity index (χ3v) is 2.99. The number of benzene rings is 2. The van der Waals surface area contributed by atoms with Crippen LogP contribution in [0.5, 0.6) is 5.75 Å². The number of nitrogens with one attached hydrogen (secondary N) is 1. The number of rotatable bonds is 7. The fourth-order valence-corrected chi connectivity index (χ4v) is 1.81. The molecule has 0 saturated heterocycles. The highest BCUT2D eigenvalue weighted by Gasteiger charge is 2.15. The Morgan fingerprint density at radius 2 is 1.83 bits per heavy atom. The maximum Gasteiger partial charge on any atom is 0.273 e. The van der Waals surface area contributed by atoms with Crippen molar-refractivity contribution in [1.82, 2.24) is 5.43 Å². The third kappa shape index (κ3) is 5.22. The molecule has 2 N–H and O–H groups in total. The number of nitrogens with zero attached hydrogens (tertiary/aromatic N) is 1. The van der Waals surface area contributed by atoms with Gasteiger partial charge in [-0.25, -0.2) is 5.43 Å². The number of amides is 1. The van der Waals surface area contributed by atoms with Gasteiger partial charge in [-0.1, -0.05) is 30.3 Å². The summed E-state index contributed by atoms with van der Waals surface area (Å²) in [7, 11) is 0. The molecule has 2 aromatic carbocycles. The summed E-state index contributed by atoms with van der Waals surface area (Å²) in [5.74, 6) is -1.58. The zero-order valence-electron chi connectivity index (χ0n) is 12.6. The van der Waals surface area contributed by atoms with E-state index in [1.807, 2.05) is 0 Å². The van der Waals surface area contributed by atoms with Crippen molar-refractivity contribution >= 4 is 18.1 Å². The molecule has 24 heavy (non-hydrogen) atoms. The minimum absolute atomic E-state index is 0.375. The fraction of sp³-hybridized carbons (Fsp3) is 0.118. The summed E-state index contributed by atoms with van der Waals surface area (Å²) in [6, 6.07) is 14.9. The highest BCUT2D eigenvalue weighted by Crippen LogP contribution is 2.12. The number of aliphatic hydroxyl groups excluding tert-OH is 1. The molecule has 7 heteroatoms. The van der Waals surface area contributed by atoms with Crippen LogP contribution in [0.25, 0.3) is 0 Å². The number of aliphatic hydroxyl groups is 1. The smallest absolute Gasteiger partial charge is 0.273 e. The minimum Gasteiger partial charge on any atom is -0.546 e. The number of ether oxygens (including phenoxy) is 1. The van der Waals surface area contributed by atoms with Gasteiger partial charge in [0, 0.05) is 0 Å². The number of hydrazone groups is 1. The lowest BCUT2D eigenvalue weighted by Gasteiger charge is -2.08. The number of carboxylic acid groups (broad SMARTS) is 1. The lowest BCUT2D eigenvalue weighted by Crippen LogP contribution is -2.28. The first-order chi connectivity index (χ1) is 11.6. The molecule has 0 heterocycles. The summed E-state index contributed by atoms with van der Waals surface area (Å²) < 4.78 is 4.94. The molecule has 0 unspecified atom stereocenters. The predicted octanol–water partition coefficient (Wildman–Crippen LogP) is -0.00100. The topological polar surface area (TPSA) is 111 Å². The van der Waals surface area contributed by atoms with Crippen molar-refractivity contribution in [3.8, 4) is 5.75 Å². The fourth-order valence-electron chi connectivity index (χ4n) is 1.81. The number of carbonyl (C=O) groups excluding carboxylic acids is 2. The molecule has 2 rings (SSSR count). The zero-order valence-corrected chi connectivity index (χ0v) is 12.6. The van der Waals surface area contributed by atoms with Gasteiger partial charge in [-0.3, -0.25) is 4.79 Å². The number of hydrogen-bond donors (Lipinski definition) is 2. The van der Waals surface area contributed by atoms with Gasteiger partial charge in [0.25, 0.3) is 5.91 Å². The maximum atomic E-state index is 11.8. The third-order valence-electron chi connectivity index (χ3n) is 2.99. The largest absolute Gasteiger partial charge is 0.546 e. The van der Waals surface area contributed by atoms with Gasteiger partial charge in [0.2, 0.25) is 0 Å². The minimum atomic E-state index is -1.31. The molecule has 0 aliphatic rings. The van der Waals surface area contributed by atoms with Gasteiger partial charge in [-0.15, -0.1) is 0 Å². The van der Waals surface area contributed by atoms with E-state index in [2.05, 4.69) is 10.5 Å². The Balaban J connectivity index is 1.87. The molecule has 0 saturated carbocycles. The molecular formula is C17H15N2O5-. The van der Waals surface area contributed by atoms with Gasteiger partial charge in [0.15, 0.2) is 6.10 Å². The van der Waals surface area contributed by atoms with E-state index in [1.165, 1.54) is 6.21 Å². The van der Waals surface area contributed by atoms with E-state index in [0.29, 0.717) is 16.9 Å². The molecule has 0 radical (unpaired) electrons. The second kappa shape index (κ2) is 8.44. The molecule has 0 aliphatic heterocycles. The summed E-state index contributed by atoms with van der Waals surface area (Å²) in [6.45, 7) is -0.527. The van der Waals surface area contributed by atoms with Gasteiger partial charge >= 0.3 is 0 Å². The van der Waals surface area contributed by atoms with E-state index < -0.39 is 24.6 Å². The Hall–Kier alpha value is -3.19. The Morgan fingerprint density at radius 3 is 2.46 bits per heavy atom. The van der Waals surface area contributed by atoms with Crippen LogP contribution in [0, 0.1) is 0 Å². The molecule has 0 bridgehead atoms. The summed E-state index contributed by atoms with van der Waals surface area (Å²) in [5, 5.41) is 23.9. The van der Waals surface area contributed by atoms with Crippen LogP contribution in [0.2, 0.25) is 0 Å². The predicted molar refractivity (Wildman–Crippen MR) is 84.1 cm³/mol. The number of carbonyl (C=O) groups is 2. The maximum absolute atomic E-state index is 11.8. The van der Waals surface area contributed by atoms with Crippen molar-refractivity contribution in [3.05, 3.63) is 65.7 Å². The molecule has 2 aromatic rings. The van der Waals surface area contributed by atoms with E-state index in [0.717, 1.165) is 0 Å². The van der Waals surface area contributed by atoms with Crippen LogP contribution >= 0.6 is 0 Å². The van der Waals surface area contributed by atoms with Crippen LogP contribution in [0.4, 0.5) is 0 Å². The number of carboxylic acids is 1. The first kappa shape index (κ1) is 17.2. The molecule has 0 fully saturated rings. The summed E-state index contributed by atoms with van der Waals surface area (Å²) in [5.41, 5.74) is 3.38. The van der Waals surface area contributed by atoms with Crippen LogP contribution in [0.1, 0.15) is 17.2 Å². The van der Waals surface area contributed by atoms with E-state index in [4.69, 9.17) is 4.74 Å². The van der Waals surface area contributed by atoms with E-state index in [-0.39, 0.29) is 0 Å². The van der Waals surface area contributed by atoms with Gasteiger partial charge in [-0.05, 0) is 35.4 Å². The highest BCUT2D eigenvalue weighted by atomic mass is 16.5. The van der Waals surface area contributed by atoms with Gasteiger partial charge in [0.1, 0.15) is 12.4 Å². The molecule has 1 atom stereocenters. The number of hydrogen-bond acceptors (Lipinski definition) is 6. The van der Waals surface area contributed by atoms with E-state index >= 15 is 0 Å². The molecule has 124 valence electrons. The molecular weight excluding hydrogens is 312 g/mol. The van der Waals surface area contributed by atoms with Crippen LogP contribution in [-0.4, -0.2) is 29.8 Å². The van der Waals surface area contributed by atoms with Gasteiger partial charge < -0.3 is 19.7 Å². The molecule has 0 aliphatic carbocycles. The first-order valence-corrected chi connectivity index (χ1v) is 7.05. The van der Waals surface area contributed by atoms with Crippen molar-refractivity contribution in [1.29, 1.82) is 0 Å². The van der Waals surface area contributed by atoms with Crippen LogP contribution < -0.4 is 15.3 Å². The number of aliphatic carboxylic acids is 1. The van der Waals surface area contributed by atoms with E-state index in [1.54, 1.807) is 54.6 Å². The second-order valence-corrected chi connectivity index (χ2v) is 4.78. The van der Waals surface area contributed by atoms with Crippen molar-refractivity contribution in [2.24, 2.45) is 5.10 Å². The second-order valence-electron chi connectivity index (χ2n) is 4.78. The van der Waals surface area contributed by atoms with Crippen molar-refractivity contribution in [3.63, 3.8) is 0 Å². The molecule has 0 aromatic heterocycles. The van der Waals surface area contributed by atoms with Crippen LogP contribution in [0.3, 0.4) is 0 Å². The standard InChI is InChI=1S/C17H16N2O5/c20-15(21)11-24-14-8-6-12(7-9-14)10-18-19-17(23)16(22)13-4-2-1-3-5-13/h1-10,16,22H,11H2,(H,19,23)(H,20,21)/p-1/b18-10-/t16-/m0/s1. The van der Waals surface area contributed by atoms with E-state index in [9.17, 15) is 19.8 Å². The lowest BCUT2D eigenvalue weighted by atomic mass is 10.1. The average molecular weight is 327 g/mol. The highest BCUT2D eigenvalue weighted by molar-refractivity contribution is 5.85. The van der Waals surface area contributed by atoms with Crippen molar-refractivity contribution in [2.45, 2.75) is 6.10 Å². The molecule has 7 nitrogen and oxygen atoms in total. The Morgan fingerprint density at radius 1 is 1.17 bits per heavy atom. The van der Waals surface area contributed by atoms with Crippen LogP contribution in [0.15, 0.2) is 59.7 Å². The van der Waals surface area contributed by atoms with Crippen molar-refractivity contribution < 1.29 is 24.5 Å².